The number of hydrogen-bond acceptors (Lipinski definition) is 6. The van der Waals surface area contributed by atoms with E-state index >= 15 is 0 Å². The van der Waals surface area contributed by atoms with Gasteiger partial charge in [-0.2, -0.15) is 5.10 Å². The van der Waals surface area contributed by atoms with Crippen LogP contribution in [0.25, 0.3) is 22.3 Å². The number of anilines is 1. The molecule has 36 heavy (non-hydrogen) atoms. The van der Waals surface area contributed by atoms with Gasteiger partial charge in [-0.25, -0.2) is 14.6 Å². The Hall–Kier alpha value is -4.27. The van der Waals surface area contributed by atoms with Gasteiger partial charge in [0.2, 0.25) is 0 Å². The van der Waals surface area contributed by atoms with Crippen LogP contribution in [0.3, 0.4) is 0 Å². The molecule has 2 aromatic carbocycles. The molecule has 1 saturated carbocycles. The van der Waals surface area contributed by atoms with Crippen LogP contribution in [0.2, 0.25) is 0 Å². The van der Waals surface area contributed by atoms with E-state index in [2.05, 4.69) is 15.3 Å². The summed E-state index contributed by atoms with van der Waals surface area (Å²) in [6.45, 7) is 2.32. The lowest BCUT2D eigenvalue weighted by Crippen LogP contribution is -2.24. The van der Waals surface area contributed by atoms with Crippen molar-refractivity contribution in [2.45, 2.75) is 45.2 Å². The molecule has 4 aromatic rings. The van der Waals surface area contributed by atoms with E-state index in [0.29, 0.717) is 47.5 Å². The number of aromatic nitrogens is 4. The Morgan fingerprint density at radius 1 is 1.06 bits per heavy atom. The van der Waals surface area contributed by atoms with Crippen molar-refractivity contribution in [2.24, 2.45) is 5.92 Å². The number of rotatable bonds is 6. The van der Waals surface area contributed by atoms with E-state index < -0.39 is 5.97 Å². The Morgan fingerprint density at radius 3 is 2.47 bits per heavy atom. The maximum atomic E-state index is 12.5. The Balaban J connectivity index is 1.37. The number of hydrogen-bond donors (Lipinski definition) is 3. The second kappa shape index (κ2) is 9.77. The predicted octanol–water partition coefficient (Wildman–Crippen LogP) is 4.13. The van der Waals surface area contributed by atoms with Crippen LogP contribution in [0.5, 0.6) is 0 Å². The number of nitrogen functional groups attached to an aromatic ring is 1. The van der Waals surface area contributed by atoms with Gasteiger partial charge >= 0.3 is 5.97 Å². The molecule has 0 unspecified atom stereocenters. The molecule has 0 spiro atoms. The number of nitrogens with one attached hydrogen (secondary N) is 1. The summed E-state index contributed by atoms with van der Waals surface area (Å²) < 4.78 is 1.89. The first kappa shape index (κ1) is 23.5. The lowest BCUT2D eigenvalue weighted by Gasteiger charge is -2.26. The van der Waals surface area contributed by atoms with E-state index in [0.717, 1.165) is 29.5 Å². The highest BCUT2D eigenvalue weighted by molar-refractivity contribution is 5.98. The van der Waals surface area contributed by atoms with Crippen molar-refractivity contribution in [1.29, 1.82) is 0 Å². The van der Waals surface area contributed by atoms with Gasteiger partial charge in [0.05, 0.1) is 17.3 Å². The zero-order chi connectivity index (χ0) is 25.2. The zero-order valence-corrected chi connectivity index (χ0v) is 20.0. The van der Waals surface area contributed by atoms with Crippen LogP contribution in [0.4, 0.5) is 5.82 Å². The van der Waals surface area contributed by atoms with Crippen LogP contribution >= 0.6 is 0 Å². The second-order valence-corrected chi connectivity index (χ2v) is 9.29. The molecule has 0 bridgehead atoms. The molecule has 1 aliphatic rings. The number of fused-ring (bicyclic) bond motifs is 1. The molecule has 1 fully saturated rings. The number of amides is 1. The van der Waals surface area contributed by atoms with Gasteiger partial charge < -0.3 is 16.2 Å². The van der Waals surface area contributed by atoms with Gasteiger partial charge in [-0.15, -0.1) is 0 Å². The molecule has 0 atom stereocenters. The highest BCUT2D eigenvalue weighted by Crippen LogP contribution is 2.37. The molecule has 0 radical (unpaired) electrons. The molecule has 1 amide bonds. The van der Waals surface area contributed by atoms with Crippen LogP contribution in [0.1, 0.15) is 53.2 Å². The molecular formula is C27H28N6O3. The lowest BCUT2D eigenvalue weighted by molar-refractivity contribution is -0.143. The van der Waals surface area contributed by atoms with Crippen molar-refractivity contribution in [2.75, 3.05) is 5.73 Å². The van der Waals surface area contributed by atoms with E-state index in [1.807, 2.05) is 60.1 Å². The number of nitrogens with zero attached hydrogens (tertiary/aromatic N) is 4. The summed E-state index contributed by atoms with van der Waals surface area (Å²) in [6.07, 6.45) is 4.09. The molecule has 0 aliphatic heterocycles. The minimum Gasteiger partial charge on any atom is -0.481 e. The fourth-order valence-electron chi connectivity index (χ4n) is 4.91. The topological polar surface area (TPSA) is 136 Å². The summed E-state index contributed by atoms with van der Waals surface area (Å²) in [5, 5.41) is 17.9. The summed E-state index contributed by atoms with van der Waals surface area (Å²) in [7, 11) is 0. The third kappa shape index (κ3) is 4.51. The quantitative estimate of drug-likeness (QED) is 0.374. The van der Waals surface area contributed by atoms with Gasteiger partial charge in [0.1, 0.15) is 17.8 Å². The fraction of sp³-hybridized carbons (Fsp3) is 0.296. The smallest absolute Gasteiger partial charge is 0.306 e. The fourth-order valence-corrected chi connectivity index (χ4v) is 4.91. The second-order valence-electron chi connectivity index (χ2n) is 9.29. The van der Waals surface area contributed by atoms with E-state index in [1.165, 1.54) is 6.33 Å². The molecule has 4 N–H and O–H groups in total. The number of carboxylic acid groups (broad SMARTS) is 1. The zero-order valence-electron chi connectivity index (χ0n) is 20.0. The van der Waals surface area contributed by atoms with Crippen molar-refractivity contribution in [3.05, 3.63) is 71.5 Å². The number of benzene rings is 2. The Bertz CT molecular complexity index is 1420. The third-order valence-electron chi connectivity index (χ3n) is 6.98. The number of carboxylic acids is 1. The first-order valence-corrected chi connectivity index (χ1v) is 12.1. The summed E-state index contributed by atoms with van der Waals surface area (Å²) >= 11 is 0. The van der Waals surface area contributed by atoms with Crippen molar-refractivity contribution in [3.63, 3.8) is 0 Å². The molecule has 9 heteroatoms. The molecular weight excluding hydrogens is 456 g/mol. The van der Waals surface area contributed by atoms with E-state index in [-0.39, 0.29) is 17.9 Å². The molecule has 5 rings (SSSR count). The van der Waals surface area contributed by atoms with E-state index in [1.54, 1.807) is 0 Å². The van der Waals surface area contributed by atoms with Crippen LogP contribution < -0.4 is 11.1 Å². The van der Waals surface area contributed by atoms with Gasteiger partial charge in [0, 0.05) is 17.7 Å². The molecule has 184 valence electrons. The van der Waals surface area contributed by atoms with Crippen LogP contribution in [0.15, 0.2) is 54.9 Å². The monoisotopic (exact) mass is 484 g/mol. The number of nitrogens with two attached hydrogens (primary N) is 1. The van der Waals surface area contributed by atoms with Crippen LogP contribution in [-0.2, 0) is 11.3 Å². The molecule has 2 heterocycles. The molecule has 0 saturated heterocycles. The normalized spacial score (nSPS) is 17.7. The van der Waals surface area contributed by atoms with E-state index in [4.69, 9.17) is 10.8 Å². The Kier molecular flexibility index (Phi) is 6.37. The molecule has 9 nitrogen and oxygen atoms in total. The predicted molar refractivity (Wildman–Crippen MR) is 136 cm³/mol. The average Bonchev–Trinajstić information content (AvgIpc) is 3.29. The van der Waals surface area contributed by atoms with Gasteiger partial charge in [-0.1, -0.05) is 42.5 Å². The standard InChI is InChI=1S/C27H28N6O3/c1-16-4-2-3-5-21(16)26(34)29-14-17-6-8-18(9-7-17)23-22-24(28)30-15-31-25(22)33(32-23)20-12-10-19(11-13-20)27(35)36/h2-9,15,19-20H,10-14H2,1H3,(H,29,34)(H,35,36)(H2,28,30,31). The summed E-state index contributed by atoms with van der Waals surface area (Å²) in [5.41, 5.74) is 11.0. The van der Waals surface area contributed by atoms with Crippen molar-refractivity contribution < 1.29 is 14.7 Å². The SMILES string of the molecule is Cc1ccccc1C(=O)NCc1ccc(-c2nn(C3CCC(C(=O)O)CC3)c3ncnc(N)c23)cc1. The highest BCUT2D eigenvalue weighted by atomic mass is 16.4. The van der Waals surface area contributed by atoms with Gasteiger partial charge in [-0.3, -0.25) is 9.59 Å². The maximum absolute atomic E-state index is 12.5. The summed E-state index contributed by atoms with van der Waals surface area (Å²) in [6, 6.07) is 15.4. The van der Waals surface area contributed by atoms with Gasteiger partial charge in [-0.05, 0) is 49.8 Å². The van der Waals surface area contributed by atoms with Crippen molar-refractivity contribution >= 4 is 28.7 Å². The van der Waals surface area contributed by atoms with Crippen LogP contribution in [0, 0.1) is 12.8 Å². The van der Waals surface area contributed by atoms with Crippen molar-refractivity contribution in [1.82, 2.24) is 25.1 Å². The van der Waals surface area contributed by atoms with E-state index in [9.17, 15) is 14.7 Å². The first-order valence-electron chi connectivity index (χ1n) is 12.1. The highest BCUT2D eigenvalue weighted by Gasteiger charge is 2.29. The number of aryl methyl sites for hydroxylation is 1. The largest absolute Gasteiger partial charge is 0.481 e. The minimum absolute atomic E-state index is 0.0575. The Morgan fingerprint density at radius 2 is 1.78 bits per heavy atom. The third-order valence-corrected chi connectivity index (χ3v) is 6.98. The summed E-state index contributed by atoms with van der Waals surface area (Å²) in [4.78, 5) is 32.5. The minimum atomic E-state index is -0.735. The first-order chi connectivity index (χ1) is 17.4. The van der Waals surface area contributed by atoms with Crippen molar-refractivity contribution in [3.8, 4) is 11.3 Å². The van der Waals surface area contributed by atoms with Crippen LogP contribution in [-0.4, -0.2) is 36.7 Å². The van der Waals surface area contributed by atoms with Gasteiger partial charge in [0.15, 0.2) is 5.65 Å². The average molecular weight is 485 g/mol. The number of aliphatic carboxylic acids is 1. The Labute approximate surface area is 208 Å². The maximum Gasteiger partial charge on any atom is 0.306 e. The number of carbonyl (C=O) groups excluding carboxylic acids is 1. The van der Waals surface area contributed by atoms with Gasteiger partial charge in [0.25, 0.3) is 5.91 Å². The molecule has 2 aromatic heterocycles. The molecule has 1 aliphatic carbocycles. The lowest BCUT2D eigenvalue weighted by atomic mass is 9.86. The number of carbonyl (C=O) groups is 2. The summed E-state index contributed by atoms with van der Waals surface area (Å²) in [5.74, 6) is -0.790.